The molecule has 1 atom stereocenters. The van der Waals surface area contributed by atoms with Gasteiger partial charge in [-0.2, -0.15) is 0 Å². The fourth-order valence-electron chi connectivity index (χ4n) is 3.16. The first-order valence-electron chi connectivity index (χ1n) is 6.87. The Morgan fingerprint density at radius 2 is 1.70 bits per heavy atom. The standard InChI is InChI=1S/C9H13.C5H5.C3H6.2ClH.Hf/c1-6-5-7(2)9(4)8(6)3;1-2-4-5-3-1;1-3-2;;;/h6H,1-4H3;1-3H,4H2;1-2H3;2*1H;. The van der Waals surface area contributed by atoms with Crippen LogP contribution in [0.4, 0.5) is 0 Å². The Morgan fingerprint density at radius 3 is 2.05 bits per heavy atom. The van der Waals surface area contributed by atoms with Crippen LogP contribution in [0.2, 0.25) is 0 Å². The van der Waals surface area contributed by atoms with Crippen LogP contribution in [0.1, 0.15) is 48.0 Å². The predicted molar refractivity (Wildman–Crippen MR) is 92.9 cm³/mol. The molecule has 0 spiro atoms. The van der Waals surface area contributed by atoms with Crippen molar-refractivity contribution >= 4 is 28.1 Å². The van der Waals surface area contributed by atoms with Gasteiger partial charge in [-0.25, -0.2) is 0 Å². The summed E-state index contributed by atoms with van der Waals surface area (Å²) in [6.45, 7) is 14.2. The van der Waals surface area contributed by atoms with E-state index in [2.05, 4.69) is 59.8 Å². The summed E-state index contributed by atoms with van der Waals surface area (Å²) >= 11 is -1.90. The number of hydrogen-bond acceptors (Lipinski definition) is 0. The van der Waals surface area contributed by atoms with Crippen molar-refractivity contribution in [1.29, 1.82) is 0 Å². The maximum Gasteiger partial charge on any atom is -0.147 e. The molecule has 0 N–H and O–H groups in total. The zero-order valence-electron chi connectivity index (χ0n) is 13.3. The van der Waals surface area contributed by atoms with Gasteiger partial charge in [-0.15, -0.1) is 24.8 Å². The van der Waals surface area contributed by atoms with Crippen molar-refractivity contribution in [1.82, 2.24) is 0 Å². The van der Waals surface area contributed by atoms with E-state index in [-0.39, 0.29) is 24.8 Å². The third-order valence-electron chi connectivity index (χ3n) is 4.50. The van der Waals surface area contributed by atoms with Crippen LogP contribution in [0.3, 0.4) is 0 Å². The van der Waals surface area contributed by atoms with E-state index in [1.807, 2.05) is 3.33 Å². The van der Waals surface area contributed by atoms with E-state index in [1.165, 1.54) is 6.42 Å². The molecule has 0 saturated carbocycles. The molecule has 0 saturated heterocycles. The van der Waals surface area contributed by atoms with Crippen LogP contribution in [0.25, 0.3) is 0 Å². The molecule has 2 aliphatic rings. The molecule has 0 amide bonds. The minimum atomic E-state index is -1.90. The number of allylic oxidation sites excluding steroid dienone is 8. The second kappa shape index (κ2) is 8.06. The van der Waals surface area contributed by atoms with E-state index in [1.54, 1.807) is 23.3 Å². The van der Waals surface area contributed by atoms with Gasteiger partial charge in [0.2, 0.25) is 0 Å². The molecule has 0 heterocycles. The van der Waals surface area contributed by atoms with Crippen LogP contribution < -0.4 is 0 Å². The molecule has 2 rings (SSSR count). The Morgan fingerprint density at radius 1 is 1.10 bits per heavy atom. The summed E-state index contributed by atoms with van der Waals surface area (Å²) in [5, 5.41) is 0. The number of halogens is 2. The third-order valence-corrected chi connectivity index (χ3v) is 16.6. The first kappa shape index (κ1) is 20.3. The van der Waals surface area contributed by atoms with Crippen molar-refractivity contribution in [3.05, 3.63) is 41.6 Å². The fraction of sp³-hybridized carbons (Fsp3) is 0.471. The SMILES string of the molecule is CC1=C(C)C(C)[C]([Hf]([C]2=CC=CC2)=[C](C)C)=C1C.Cl.Cl. The topological polar surface area (TPSA) is 0 Å². The summed E-state index contributed by atoms with van der Waals surface area (Å²) < 4.78 is 5.37. The second-order valence-electron chi connectivity index (χ2n) is 5.77. The summed E-state index contributed by atoms with van der Waals surface area (Å²) in [5.74, 6) is 0.698. The first-order chi connectivity index (χ1) is 8.45. The molecule has 0 radical (unpaired) electrons. The zero-order valence-corrected chi connectivity index (χ0v) is 18.6. The van der Waals surface area contributed by atoms with Gasteiger partial charge in [0.15, 0.2) is 0 Å². The molecule has 0 aliphatic heterocycles. The van der Waals surface area contributed by atoms with E-state index in [9.17, 15) is 0 Å². The summed E-state index contributed by atoms with van der Waals surface area (Å²) in [4.78, 5) is 0. The van der Waals surface area contributed by atoms with Gasteiger partial charge in [-0.1, -0.05) is 0 Å². The van der Waals surface area contributed by atoms with E-state index in [0.29, 0.717) is 5.92 Å². The van der Waals surface area contributed by atoms with E-state index < -0.39 is 21.0 Å². The van der Waals surface area contributed by atoms with E-state index in [4.69, 9.17) is 0 Å². The summed E-state index contributed by atoms with van der Waals surface area (Å²) in [5.41, 5.74) is 4.79. The molecule has 0 bridgehead atoms. The quantitative estimate of drug-likeness (QED) is 0.442. The molecular weight excluding hydrogens is 454 g/mol. The molecule has 0 aromatic carbocycles. The van der Waals surface area contributed by atoms with Crippen molar-refractivity contribution in [3.63, 3.8) is 0 Å². The smallest absolute Gasteiger partial charge is 0.147 e. The van der Waals surface area contributed by atoms with Gasteiger partial charge in [-0.05, 0) is 0 Å². The molecule has 20 heavy (non-hydrogen) atoms. The van der Waals surface area contributed by atoms with E-state index >= 15 is 0 Å². The Kier molecular flexibility index (Phi) is 8.17. The third kappa shape index (κ3) is 3.54. The first-order valence-corrected chi connectivity index (χ1v) is 12.3. The molecule has 1 unspecified atom stereocenters. The number of rotatable bonds is 2. The summed E-state index contributed by atoms with van der Waals surface area (Å²) in [6, 6.07) is 0. The molecule has 0 nitrogen and oxygen atoms in total. The van der Waals surface area contributed by atoms with Gasteiger partial charge in [0, 0.05) is 0 Å². The van der Waals surface area contributed by atoms with Crippen LogP contribution in [-0.4, -0.2) is 3.26 Å². The average molecular weight is 480 g/mol. The van der Waals surface area contributed by atoms with Crippen molar-refractivity contribution in [2.45, 2.75) is 48.0 Å². The minimum Gasteiger partial charge on any atom is -0.147 e. The zero-order chi connectivity index (χ0) is 13.4. The largest absolute Gasteiger partial charge is 0.147 e. The van der Waals surface area contributed by atoms with Crippen LogP contribution in [0, 0.1) is 5.92 Å². The minimum absolute atomic E-state index is 0. The molecule has 112 valence electrons. The number of hydrogen-bond donors (Lipinski definition) is 0. The summed E-state index contributed by atoms with van der Waals surface area (Å²) in [7, 11) is 0. The fourth-order valence-corrected chi connectivity index (χ4v) is 15.1. The van der Waals surface area contributed by atoms with Gasteiger partial charge in [-0.3, -0.25) is 0 Å². The van der Waals surface area contributed by atoms with Gasteiger partial charge < -0.3 is 0 Å². The van der Waals surface area contributed by atoms with Crippen molar-refractivity contribution in [3.8, 4) is 0 Å². The Bertz CT molecular complexity index is 541. The maximum atomic E-state index is 2.42. The van der Waals surface area contributed by atoms with Crippen LogP contribution >= 0.6 is 24.8 Å². The van der Waals surface area contributed by atoms with Crippen molar-refractivity contribution in [2.75, 3.05) is 0 Å². The Balaban J connectivity index is 0.00000180. The van der Waals surface area contributed by atoms with Gasteiger partial charge in [0.05, 0.1) is 0 Å². The predicted octanol–water partition coefficient (Wildman–Crippen LogP) is 5.76. The average Bonchev–Trinajstić information content (AvgIpc) is 2.89. The molecule has 0 fully saturated rings. The van der Waals surface area contributed by atoms with Crippen LogP contribution in [-0.2, 0) is 21.0 Å². The van der Waals surface area contributed by atoms with Crippen LogP contribution in [0.5, 0.6) is 0 Å². The van der Waals surface area contributed by atoms with Gasteiger partial charge >= 0.3 is 120 Å². The Labute approximate surface area is 143 Å². The molecule has 2 aliphatic carbocycles. The Hall–Kier alpha value is 0.280. The van der Waals surface area contributed by atoms with Gasteiger partial charge in [0.1, 0.15) is 0 Å². The maximum absolute atomic E-state index is 2.42. The van der Waals surface area contributed by atoms with Crippen LogP contribution in [0.15, 0.2) is 41.6 Å². The second-order valence-corrected chi connectivity index (χ2v) is 16.3. The monoisotopic (exact) mass is 480 g/mol. The van der Waals surface area contributed by atoms with Crippen molar-refractivity contribution in [2.24, 2.45) is 5.92 Å². The molecule has 0 aromatic rings. The van der Waals surface area contributed by atoms with Gasteiger partial charge in [0.25, 0.3) is 0 Å². The molecular formula is C17H26Cl2Hf. The van der Waals surface area contributed by atoms with Crippen molar-refractivity contribution < 1.29 is 21.0 Å². The molecule has 3 heteroatoms. The van der Waals surface area contributed by atoms with E-state index in [0.717, 1.165) is 0 Å². The molecule has 0 aromatic heterocycles. The summed E-state index contributed by atoms with van der Waals surface area (Å²) in [6.07, 6.45) is 8.21. The normalized spacial score (nSPS) is 20.7.